The van der Waals surface area contributed by atoms with Gasteiger partial charge in [0, 0.05) is 11.8 Å². The second-order valence-electron chi connectivity index (χ2n) is 4.96. The maximum atomic E-state index is 13.5. The van der Waals surface area contributed by atoms with E-state index in [1.165, 1.54) is 12.1 Å². The zero-order chi connectivity index (χ0) is 14.1. The van der Waals surface area contributed by atoms with Crippen molar-refractivity contribution in [3.8, 4) is 0 Å². The molecular formula is C16H13ClFNO. The van der Waals surface area contributed by atoms with Crippen LogP contribution in [0.3, 0.4) is 0 Å². The number of carbonyl (C=O) groups excluding carboxylic acids is 1. The third-order valence-corrected chi connectivity index (χ3v) is 4.11. The lowest BCUT2D eigenvalue weighted by atomic mass is 9.82. The molecule has 0 N–H and O–H groups in total. The largest absolute Gasteiger partial charge is 0.293 e. The number of carbonyl (C=O) groups is 1. The lowest BCUT2D eigenvalue weighted by Crippen LogP contribution is -2.20. The Balaban J connectivity index is 2.02. The van der Waals surface area contributed by atoms with Gasteiger partial charge in [-0.15, -0.1) is 0 Å². The summed E-state index contributed by atoms with van der Waals surface area (Å²) >= 11 is 5.92. The minimum Gasteiger partial charge on any atom is -0.293 e. The van der Waals surface area contributed by atoms with Gasteiger partial charge in [-0.3, -0.25) is 9.78 Å². The topological polar surface area (TPSA) is 30.0 Å². The molecule has 2 nitrogen and oxygen atoms in total. The average molecular weight is 290 g/mol. The molecule has 4 heteroatoms. The molecule has 1 aromatic heterocycles. The molecule has 0 saturated carbocycles. The fraction of sp³-hybridized carbons (Fsp3) is 0.250. The summed E-state index contributed by atoms with van der Waals surface area (Å²) in [5.74, 6) is -1.03. The first-order chi connectivity index (χ1) is 9.68. The number of hydrogen-bond donors (Lipinski definition) is 0. The standard InChI is InChI=1S/C16H13ClFNO/c17-14-11(6-2-8-13(14)18)16(20)12-7-1-4-10-5-3-9-19-15(10)12/h2-3,5-6,8-9,12H,1,4,7H2. The smallest absolute Gasteiger partial charge is 0.173 e. The van der Waals surface area contributed by atoms with Gasteiger partial charge in [-0.25, -0.2) is 4.39 Å². The summed E-state index contributed by atoms with van der Waals surface area (Å²) in [6, 6.07) is 8.21. The second kappa shape index (κ2) is 5.33. The monoisotopic (exact) mass is 289 g/mol. The van der Waals surface area contributed by atoms with E-state index in [1.807, 2.05) is 12.1 Å². The van der Waals surface area contributed by atoms with Crippen LogP contribution < -0.4 is 0 Å². The summed E-state index contributed by atoms with van der Waals surface area (Å²) in [7, 11) is 0. The van der Waals surface area contributed by atoms with Crippen LogP contribution in [0.15, 0.2) is 36.5 Å². The van der Waals surface area contributed by atoms with Gasteiger partial charge >= 0.3 is 0 Å². The minimum absolute atomic E-state index is 0.0967. The van der Waals surface area contributed by atoms with Crippen LogP contribution in [0.1, 0.15) is 40.4 Å². The SMILES string of the molecule is O=C(c1cccc(F)c1Cl)C1CCCc2cccnc21. The van der Waals surface area contributed by atoms with E-state index in [9.17, 15) is 9.18 Å². The first-order valence-corrected chi connectivity index (χ1v) is 6.98. The Morgan fingerprint density at radius 2 is 2.15 bits per heavy atom. The van der Waals surface area contributed by atoms with E-state index in [-0.39, 0.29) is 22.3 Å². The van der Waals surface area contributed by atoms with Crippen LogP contribution in [0.5, 0.6) is 0 Å². The highest BCUT2D eigenvalue weighted by Gasteiger charge is 2.29. The molecule has 1 aromatic carbocycles. The van der Waals surface area contributed by atoms with Crippen molar-refractivity contribution in [3.63, 3.8) is 0 Å². The molecule has 0 bridgehead atoms. The van der Waals surface area contributed by atoms with E-state index in [1.54, 1.807) is 12.3 Å². The second-order valence-corrected chi connectivity index (χ2v) is 5.34. The highest BCUT2D eigenvalue weighted by Crippen LogP contribution is 2.34. The van der Waals surface area contributed by atoms with Gasteiger partial charge in [-0.1, -0.05) is 23.7 Å². The minimum atomic E-state index is -0.561. The summed E-state index contributed by atoms with van der Waals surface area (Å²) in [6.45, 7) is 0. The van der Waals surface area contributed by atoms with Crippen molar-refractivity contribution in [3.05, 3.63) is 64.2 Å². The van der Waals surface area contributed by atoms with Crippen molar-refractivity contribution in [2.45, 2.75) is 25.2 Å². The van der Waals surface area contributed by atoms with Crippen LogP contribution in [0, 0.1) is 5.82 Å². The van der Waals surface area contributed by atoms with Gasteiger partial charge in [0.1, 0.15) is 5.82 Å². The fourth-order valence-corrected chi connectivity index (χ4v) is 2.97. The Kier molecular flexibility index (Phi) is 3.53. The van der Waals surface area contributed by atoms with Crippen LogP contribution >= 0.6 is 11.6 Å². The number of nitrogens with zero attached hydrogens (tertiary/aromatic N) is 1. The van der Waals surface area contributed by atoms with E-state index in [2.05, 4.69) is 4.98 Å². The van der Waals surface area contributed by atoms with Gasteiger partial charge in [0.2, 0.25) is 0 Å². The molecular weight excluding hydrogens is 277 g/mol. The number of fused-ring (bicyclic) bond motifs is 1. The number of halogens is 2. The van der Waals surface area contributed by atoms with E-state index >= 15 is 0 Å². The van der Waals surface area contributed by atoms with Crippen molar-refractivity contribution in [1.82, 2.24) is 4.98 Å². The van der Waals surface area contributed by atoms with E-state index in [4.69, 9.17) is 11.6 Å². The van der Waals surface area contributed by atoms with E-state index < -0.39 is 5.82 Å². The zero-order valence-electron chi connectivity index (χ0n) is 10.8. The lowest BCUT2D eigenvalue weighted by Gasteiger charge is -2.23. The van der Waals surface area contributed by atoms with E-state index in [0.717, 1.165) is 30.5 Å². The number of aryl methyl sites for hydroxylation is 1. The molecule has 0 amide bonds. The Hall–Kier alpha value is -1.74. The highest BCUT2D eigenvalue weighted by molar-refractivity contribution is 6.34. The summed E-state index contributed by atoms with van der Waals surface area (Å²) in [5, 5.41) is -0.0967. The Morgan fingerprint density at radius 3 is 3.00 bits per heavy atom. The number of pyridine rings is 1. The maximum absolute atomic E-state index is 13.5. The third-order valence-electron chi connectivity index (χ3n) is 3.73. The average Bonchev–Trinajstić information content (AvgIpc) is 2.49. The molecule has 102 valence electrons. The third kappa shape index (κ3) is 2.22. The molecule has 0 aliphatic heterocycles. The molecule has 0 spiro atoms. The Labute approximate surface area is 121 Å². The molecule has 2 aromatic rings. The molecule has 0 saturated heterocycles. The molecule has 0 fully saturated rings. The van der Waals surface area contributed by atoms with Crippen LogP contribution in [0.25, 0.3) is 0 Å². The summed E-state index contributed by atoms with van der Waals surface area (Å²) in [4.78, 5) is 17.0. The maximum Gasteiger partial charge on any atom is 0.173 e. The summed E-state index contributed by atoms with van der Waals surface area (Å²) in [5.41, 5.74) is 2.16. The van der Waals surface area contributed by atoms with Gasteiger partial charge in [0.05, 0.1) is 16.6 Å². The van der Waals surface area contributed by atoms with Crippen molar-refractivity contribution in [1.29, 1.82) is 0 Å². The van der Waals surface area contributed by atoms with E-state index in [0.29, 0.717) is 0 Å². The van der Waals surface area contributed by atoms with Crippen LogP contribution in [0.4, 0.5) is 4.39 Å². The Bertz CT molecular complexity index is 671. The molecule has 1 heterocycles. The van der Waals surface area contributed by atoms with Crippen molar-refractivity contribution < 1.29 is 9.18 Å². The Morgan fingerprint density at radius 1 is 1.30 bits per heavy atom. The van der Waals surface area contributed by atoms with Crippen LogP contribution in [-0.4, -0.2) is 10.8 Å². The molecule has 1 unspecified atom stereocenters. The summed E-state index contributed by atoms with van der Waals surface area (Å²) in [6.07, 6.45) is 4.29. The predicted molar refractivity (Wildman–Crippen MR) is 75.7 cm³/mol. The van der Waals surface area contributed by atoms with Crippen molar-refractivity contribution >= 4 is 17.4 Å². The molecule has 1 aliphatic carbocycles. The molecule has 1 atom stereocenters. The number of benzene rings is 1. The zero-order valence-corrected chi connectivity index (χ0v) is 11.5. The first kappa shape index (κ1) is 13.3. The molecule has 0 radical (unpaired) electrons. The van der Waals surface area contributed by atoms with Gasteiger partial charge in [-0.05, 0) is 43.0 Å². The quantitative estimate of drug-likeness (QED) is 0.777. The van der Waals surface area contributed by atoms with Gasteiger partial charge in [0.25, 0.3) is 0 Å². The number of aromatic nitrogens is 1. The number of ketones is 1. The first-order valence-electron chi connectivity index (χ1n) is 6.60. The molecule has 20 heavy (non-hydrogen) atoms. The molecule has 1 aliphatic rings. The number of Topliss-reactive ketones (excluding diaryl/α,β-unsaturated/α-hetero) is 1. The van der Waals surface area contributed by atoms with Crippen molar-refractivity contribution in [2.24, 2.45) is 0 Å². The lowest BCUT2D eigenvalue weighted by molar-refractivity contribution is 0.0948. The van der Waals surface area contributed by atoms with Crippen molar-refractivity contribution in [2.75, 3.05) is 0 Å². The van der Waals surface area contributed by atoms with Crippen LogP contribution in [0.2, 0.25) is 5.02 Å². The van der Waals surface area contributed by atoms with Gasteiger partial charge < -0.3 is 0 Å². The van der Waals surface area contributed by atoms with Gasteiger partial charge in [0.15, 0.2) is 5.78 Å². The fourth-order valence-electron chi connectivity index (χ4n) is 2.75. The molecule has 3 rings (SSSR count). The highest BCUT2D eigenvalue weighted by atomic mass is 35.5. The number of hydrogen-bond acceptors (Lipinski definition) is 2. The summed E-state index contributed by atoms with van der Waals surface area (Å²) < 4.78 is 13.5. The predicted octanol–water partition coefficient (Wildman–Crippen LogP) is 4.18. The normalized spacial score (nSPS) is 17.6. The number of rotatable bonds is 2. The van der Waals surface area contributed by atoms with Crippen LogP contribution in [-0.2, 0) is 6.42 Å². The van der Waals surface area contributed by atoms with Gasteiger partial charge in [-0.2, -0.15) is 0 Å².